The third-order valence-electron chi connectivity index (χ3n) is 6.56. The second-order valence-corrected chi connectivity index (χ2v) is 9.28. The number of rotatable bonds is 9. The Morgan fingerprint density at radius 2 is 2.00 bits per heavy atom. The Bertz CT molecular complexity index is 1070. The first kappa shape index (κ1) is 21.8. The van der Waals surface area contributed by atoms with E-state index in [1.807, 2.05) is 72.5 Å². The summed E-state index contributed by atoms with van der Waals surface area (Å²) in [7, 11) is 0. The highest BCUT2D eigenvalue weighted by Crippen LogP contribution is 2.48. The quantitative estimate of drug-likeness (QED) is 0.552. The minimum Gasteiger partial charge on any atom is -0.494 e. The average Bonchev–Trinajstić information content (AvgIpc) is 3.34. The molecule has 1 N–H and O–H groups in total. The summed E-state index contributed by atoms with van der Waals surface area (Å²) >= 11 is 6.28. The molecule has 5 unspecified atom stereocenters. The molecule has 2 aliphatic heterocycles. The third kappa shape index (κ3) is 4.71. The van der Waals surface area contributed by atoms with E-state index < -0.39 is 12.0 Å². The zero-order valence-corrected chi connectivity index (χ0v) is 19.2. The van der Waals surface area contributed by atoms with Crippen molar-refractivity contribution in [3.8, 4) is 5.75 Å². The van der Waals surface area contributed by atoms with Gasteiger partial charge in [-0.25, -0.2) is 9.79 Å². The number of benzene rings is 2. The molecule has 0 bridgehead atoms. The van der Waals surface area contributed by atoms with Crippen molar-refractivity contribution in [1.82, 2.24) is 4.90 Å². The van der Waals surface area contributed by atoms with Crippen LogP contribution >= 0.6 is 11.6 Å². The van der Waals surface area contributed by atoms with Crippen LogP contribution in [0.4, 0.5) is 0 Å². The summed E-state index contributed by atoms with van der Waals surface area (Å²) in [5.74, 6) is 1.01. The Labute approximate surface area is 198 Å². The van der Waals surface area contributed by atoms with Crippen molar-refractivity contribution in [2.75, 3.05) is 6.61 Å². The van der Waals surface area contributed by atoms with Crippen molar-refractivity contribution in [3.05, 3.63) is 77.0 Å². The predicted octanol–water partition coefficient (Wildman–Crippen LogP) is 4.47. The first-order valence-electron chi connectivity index (χ1n) is 11.4. The van der Waals surface area contributed by atoms with E-state index in [1.54, 1.807) is 0 Å². The van der Waals surface area contributed by atoms with Crippen LogP contribution in [0.25, 0.3) is 0 Å². The molecule has 6 nitrogen and oxygen atoms in total. The Balaban J connectivity index is 1.14. The normalized spacial score (nSPS) is 26.2. The molecule has 5 rings (SSSR count). The molecule has 172 valence electrons. The number of carboxylic acids is 1. The monoisotopic (exact) mass is 466 g/mol. The van der Waals surface area contributed by atoms with Crippen molar-refractivity contribution in [2.45, 2.75) is 50.4 Å². The molecule has 1 saturated carbocycles. The molecule has 33 heavy (non-hydrogen) atoms. The van der Waals surface area contributed by atoms with Gasteiger partial charge in [0, 0.05) is 30.4 Å². The highest BCUT2D eigenvalue weighted by Gasteiger charge is 2.50. The zero-order chi connectivity index (χ0) is 22.9. The second kappa shape index (κ2) is 9.10. The van der Waals surface area contributed by atoms with Gasteiger partial charge < -0.3 is 19.5 Å². The van der Waals surface area contributed by atoms with Gasteiger partial charge in [0.1, 0.15) is 23.1 Å². The van der Waals surface area contributed by atoms with Gasteiger partial charge in [0.2, 0.25) is 5.90 Å². The standard InChI is InChI=1S/C26H27ClN2O4/c1-16-21(28-25(33-16)18-5-3-2-4-6-18)11-12-32-20-9-7-17(8-10-20)13-23(26(30)31)29-22-14-19(22)15-24(29)27/h2-10,15-16,19,21-23H,11-14H2,1H3,(H,30,31). The van der Waals surface area contributed by atoms with Crippen LogP contribution in [0.1, 0.15) is 30.9 Å². The van der Waals surface area contributed by atoms with Crippen LogP contribution in [0, 0.1) is 5.92 Å². The molecule has 3 aliphatic rings. The fraction of sp³-hybridized carbons (Fsp3) is 0.385. The lowest BCUT2D eigenvalue weighted by Gasteiger charge is -2.28. The predicted molar refractivity (Wildman–Crippen MR) is 127 cm³/mol. The van der Waals surface area contributed by atoms with E-state index in [9.17, 15) is 9.90 Å². The largest absolute Gasteiger partial charge is 0.494 e. The van der Waals surface area contributed by atoms with E-state index >= 15 is 0 Å². The average molecular weight is 467 g/mol. The summed E-state index contributed by atoms with van der Waals surface area (Å²) in [6, 6.07) is 17.2. The smallest absolute Gasteiger partial charge is 0.326 e. The second-order valence-electron chi connectivity index (χ2n) is 8.89. The number of nitrogens with zero attached hydrogens (tertiary/aromatic N) is 2. The van der Waals surface area contributed by atoms with Crippen molar-refractivity contribution in [3.63, 3.8) is 0 Å². The molecule has 2 heterocycles. The van der Waals surface area contributed by atoms with Crippen LogP contribution in [-0.2, 0) is 16.0 Å². The number of carbonyl (C=O) groups is 1. The Kier molecular flexibility index (Phi) is 6.02. The van der Waals surface area contributed by atoms with Gasteiger partial charge in [0.15, 0.2) is 0 Å². The molecule has 1 aliphatic carbocycles. The van der Waals surface area contributed by atoms with Crippen LogP contribution in [0.15, 0.2) is 70.8 Å². The molecule has 7 heteroatoms. The number of fused-ring (bicyclic) bond motifs is 1. The van der Waals surface area contributed by atoms with Crippen LogP contribution in [-0.4, -0.2) is 52.7 Å². The molecule has 0 radical (unpaired) electrons. The minimum absolute atomic E-state index is 0.0108. The SMILES string of the molecule is CC1OC(c2ccccc2)=NC1CCOc1ccc(CC(C(=O)O)N2C(Cl)=CC3CC32)cc1. The maximum atomic E-state index is 11.9. The van der Waals surface area contributed by atoms with Gasteiger partial charge in [-0.15, -0.1) is 0 Å². The number of carboxylic acid groups (broad SMARTS) is 1. The Morgan fingerprint density at radius 3 is 2.67 bits per heavy atom. The van der Waals surface area contributed by atoms with Crippen molar-refractivity contribution in [2.24, 2.45) is 10.9 Å². The van der Waals surface area contributed by atoms with Gasteiger partial charge in [0.25, 0.3) is 0 Å². The van der Waals surface area contributed by atoms with Crippen LogP contribution in [0.3, 0.4) is 0 Å². The third-order valence-corrected chi connectivity index (χ3v) is 6.88. The zero-order valence-electron chi connectivity index (χ0n) is 18.4. The summed E-state index contributed by atoms with van der Waals surface area (Å²) in [6.07, 6.45) is 4.13. The lowest BCUT2D eigenvalue weighted by atomic mass is 10.0. The van der Waals surface area contributed by atoms with Gasteiger partial charge in [-0.2, -0.15) is 0 Å². The van der Waals surface area contributed by atoms with Gasteiger partial charge >= 0.3 is 5.97 Å². The maximum absolute atomic E-state index is 11.9. The number of hydrogen-bond acceptors (Lipinski definition) is 5. The lowest BCUT2D eigenvalue weighted by Crippen LogP contribution is -2.41. The minimum atomic E-state index is -0.849. The summed E-state index contributed by atoms with van der Waals surface area (Å²) in [4.78, 5) is 18.5. The number of hydrogen-bond donors (Lipinski definition) is 1. The summed E-state index contributed by atoms with van der Waals surface area (Å²) in [5, 5.41) is 10.3. The van der Waals surface area contributed by atoms with Crippen LogP contribution in [0.5, 0.6) is 5.75 Å². The van der Waals surface area contributed by atoms with Gasteiger partial charge in [-0.05, 0) is 49.2 Å². The fourth-order valence-electron chi connectivity index (χ4n) is 4.61. The molecule has 0 saturated heterocycles. The van der Waals surface area contributed by atoms with Gasteiger partial charge in [0.05, 0.1) is 12.6 Å². The lowest BCUT2D eigenvalue weighted by molar-refractivity contribution is -0.142. The van der Waals surface area contributed by atoms with E-state index in [4.69, 9.17) is 26.1 Å². The van der Waals surface area contributed by atoms with E-state index in [0.29, 0.717) is 30.0 Å². The number of ether oxygens (including phenoxy) is 2. The topological polar surface area (TPSA) is 71.4 Å². The first-order chi connectivity index (χ1) is 16.0. The van der Waals surface area contributed by atoms with Gasteiger partial charge in [-0.1, -0.05) is 41.9 Å². The molecular weight excluding hydrogens is 440 g/mol. The van der Waals surface area contributed by atoms with E-state index in [-0.39, 0.29) is 18.2 Å². The van der Waals surface area contributed by atoms with Crippen molar-refractivity contribution >= 4 is 23.5 Å². The molecular formula is C26H27ClN2O4. The molecule has 0 spiro atoms. The summed E-state index contributed by atoms with van der Waals surface area (Å²) in [6.45, 7) is 2.56. The molecule has 0 amide bonds. The number of aliphatic carboxylic acids is 1. The van der Waals surface area contributed by atoms with E-state index in [0.717, 1.165) is 29.7 Å². The van der Waals surface area contributed by atoms with Crippen molar-refractivity contribution in [1.29, 1.82) is 0 Å². The number of aliphatic imine (C=N–C) groups is 1. The maximum Gasteiger partial charge on any atom is 0.326 e. The van der Waals surface area contributed by atoms with Crippen molar-refractivity contribution < 1.29 is 19.4 Å². The molecule has 2 aromatic carbocycles. The molecule has 2 aromatic rings. The van der Waals surface area contributed by atoms with Crippen LogP contribution in [0.2, 0.25) is 0 Å². The summed E-state index contributed by atoms with van der Waals surface area (Å²) < 4.78 is 11.8. The molecule has 1 fully saturated rings. The van der Waals surface area contributed by atoms with E-state index in [1.165, 1.54) is 0 Å². The highest BCUT2D eigenvalue weighted by molar-refractivity contribution is 6.29. The fourth-order valence-corrected chi connectivity index (χ4v) is 5.02. The summed E-state index contributed by atoms with van der Waals surface area (Å²) in [5.41, 5.74) is 1.93. The molecule has 5 atom stereocenters. The number of halogens is 1. The molecule has 0 aromatic heterocycles. The Hall–Kier alpha value is -2.99. The van der Waals surface area contributed by atoms with Crippen LogP contribution < -0.4 is 4.74 Å². The Morgan fingerprint density at radius 1 is 1.24 bits per heavy atom. The highest BCUT2D eigenvalue weighted by atomic mass is 35.5. The van der Waals surface area contributed by atoms with Gasteiger partial charge in [-0.3, -0.25) is 0 Å². The van der Waals surface area contributed by atoms with E-state index in [2.05, 4.69) is 0 Å². The first-order valence-corrected chi connectivity index (χ1v) is 11.8.